The Morgan fingerprint density at radius 1 is 1.12 bits per heavy atom. The standard InChI is InChI=1S/C18H20BrN5O/c1-12-20-21-17(23(12)3)11-22(2)18(25)16-10-9-15(24(16)4)13-7-5-6-8-14(13)19/h5-10H,11H2,1-4H3. The van der Waals surface area contributed by atoms with Gasteiger partial charge in [0.1, 0.15) is 11.5 Å². The maximum absolute atomic E-state index is 12.9. The van der Waals surface area contributed by atoms with Crippen molar-refractivity contribution in [2.75, 3.05) is 7.05 Å². The van der Waals surface area contributed by atoms with Crippen LogP contribution in [-0.2, 0) is 20.6 Å². The second-order valence-corrected chi connectivity index (χ2v) is 6.88. The summed E-state index contributed by atoms with van der Waals surface area (Å²) in [6.07, 6.45) is 0. The van der Waals surface area contributed by atoms with Crippen LogP contribution in [0.2, 0.25) is 0 Å². The quantitative estimate of drug-likeness (QED) is 0.674. The van der Waals surface area contributed by atoms with Gasteiger partial charge in [0.15, 0.2) is 5.82 Å². The van der Waals surface area contributed by atoms with Gasteiger partial charge in [0.05, 0.1) is 6.54 Å². The van der Waals surface area contributed by atoms with E-state index in [1.165, 1.54) is 0 Å². The fraction of sp³-hybridized carbons (Fsp3) is 0.278. The fourth-order valence-corrected chi connectivity index (χ4v) is 3.22. The predicted molar refractivity (Wildman–Crippen MR) is 100 cm³/mol. The molecule has 0 N–H and O–H groups in total. The van der Waals surface area contributed by atoms with E-state index in [1.807, 2.05) is 66.6 Å². The summed E-state index contributed by atoms with van der Waals surface area (Å²) < 4.78 is 4.81. The summed E-state index contributed by atoms with van der Waals surface area (Å²) in [6, 6.07) is 11.8. The van der Waals surface area contributed by atoms with Crippen LogP contribution in [0.4, 0.5) is 0 Å². The topological polar surface area (TPSA) is 56.0 Å². The van der Waals surface area contributed by atoms with E-state index in [9.17, 15) is 4.79 Å². The molecule has 7 heteroatoms. The van der Waals surface area contributed by atoms with Crippen molar-refractivity contribution in [1.82, 2.24) is 24.2 Å². The molecule has 0 fully saturated rings. The Kier molecular flexibility index (Phi) is 4.76. The summed E-state index contributed by atoms with van der Waals surface area (Å²) in [7, 11) is 5.58. The lowest BCUT2D eigenvalue weighted by atomic mass is 10.1. The number of benzene rings is 1. The molecule has 0 aliphatic carbocycles. The molecule has 0 saturated carbocycles. The number of amides is 1. The SMILES string of the molecule is Cc1nnc(CN(C)C(=O)c2ccc(-c3ccccc3Br)n2C)n1C. The average Bonchev–Trinajstić information content (AvgIpc) is 3.12. The monoisotopic (exact) mass is 401 g/mol. The van der Waals surface area contributed by atoms with E-state index in [2.05, 4.69) is 26.1 Å². The Morgan fingerprint density at radius 3 is 2.48 bits per heavy atom. The second-order valence-electron chi connectivity index (χ2n) is 6.03. The van der Waals surface area contributed by atoms with Gasteiger partial charge in [0.25, 0.3) is 5.91 Å². The first-order valence-electron chi connectivity index (χ1n) is 7.91. The van der Waals surface area contributed by atoms with Crippen LogP contribution in [0.15, 0.2) is 40.9 Å². The number of nitrogens with zero attached hydrogens (tertiary/aromatic N) is 5. The number of hydrogen-bond acceptors (Lipinski definition) is 3. The minimum atomic E-state index is -0.0542. The Morgan fingerprint density at radius 2 is 1.84 bits per heavy atom. The average molecular weight is 402 g/mol. The highest BCUT2D eigenvalue weighted by Crippen LogP contribution is 2.29. The van der Waals surface area contributed by atoms with Crippen molar-refractivity contribution < 1.29 is 4.79 Å². The number of halogens is 1. The minimum Gasteiger partial charge on any atom is -0.340 e. The molecule has 1 amide bonds. The number of carbonyl (C=O) groups excluding carboxylic acids is 1. The van der Waals surface area contributed by atoms with Crippen molar-refractivity contribution in [1.29, 1.82) is 0 Å². The Bertz CT molecular complexity index is 927. The molecule has 2 heterocycles. The molecule has 0 atom stereocenters. The van der Waals surface area contributed by atoms with E-state index < -0.39 is 0 Å². The molecule has 0 unspecified atom stereocenters. The van der Waals surface area contributed by atoms with Gasteiger partial charge in [0.2, 0.25) is 0 Å². The van der Waals surface area contributed by atoms with Crippen molar-refractivity contribution in [2.45, 2.75) is 13.5 Å². The Hall–Kier alpha value is -2.41. The third-order valence-corrected chi connectivity index (χ3v) is 5.09. The molecule has 0 saturated heterocycles. The normalized spacial score (nSPS) is 10.9. The number of rotatable bonds is 4. The fourth-order valence-electron chi connectivity index (χ4n) is 2.73. The van der Waals surface area contributed by atoms with E-state index in [0.29, 0.717) is 12.2 Å². The van der Waals surface area contributed by atoms with Gasteiger partial charge in [-0.3, -0.25) is 4.79 Å². The van der Waals surface area contributed by atoms with Gasteiger partial charge in [-0.15, -0.1) is 10.2 Å². The second kappa shape index (κ2) is 6.84. The summed E-state index contributed by atoms with van der Waals surface area (Å²) in [6.45, 7) is 2.30. The van der Waals surface area contributed by atoms with Crippen molar-refractivity contribution >= 4 is 21.8 Å². The molecule has 0 bridgehead atoms. The summed E-state index contributed by atoms with van der Waals surface area (Å²) in [5, 5.41) is 8.16. The molecule has 0 spiro atoms. The van der Waals surface area contributed by atoms with Crippen LogP contribution in [0.3, 0.4) is 0 Å². The lowest BCUT2D eigenvalue weighted by Gasteiger charge is -2.17. The molecule has 3 aromatic rings. The van der Waals surface area contributed by atoms with Crippen molar-refractivity contribution in [3.05, 3.63) is 58.2 Å². The lowest BCUT2D eigenvalue weighted by Crippen LogP contribution is -2.29. The maximum atomic E-state index is 12.9. The highest BCUT2D eigenvalue weighted by molar-refractivity contribution is 9.10. The first-order chi connectivity index (χ1) is 11.9. The smallest absolute Gasteiger partial charge is 0.270 e. The van der Waals surface area contributed by atoms with Gasteiger partial charge in [-0.05, 0) is 25.1 Å². The molecule has 2 aromatic heterocycles. The van der Waals surface area contributed by atoms with Crippen LogP contribution in [0.1, 0.15) is 22.1 Å². The van der Waals surface area contributed by atoms with E-state index in [4.69, 9.17) is 0 Å². The molecule has 0 aliphatic rings. The zero-order chi connectivity index (χ0) is 18.1. The highest BCUT2D eigenvalue weighted by atomic mass is 79.9. The molecular formula is C18H20BrN5O. The summed E-state index contributed by atoms with van der Waals surface area (Å²) >= 11 is 3.57. The molecule has 6 nitrogen and oxygen atoms in total. The van der Waals surface area contributed by atoms with E-state index in [-0.39, 0.29) is 5.91 Å². The van der Waals surface area contributed by atoms with Crippen LogP contribution < -0.4 is 0 Å². The predicted octanol–water partition coefficient (Wildman–Crippen LogP) is 3.16. The van der Waals surface area contributed by atoms with Gasteiger partial charge in [0, 0.05) is 36.9 Å². The van der Waals surface area contributed by atoms with Crippen LogP contribution in [-0.4, -0.2) is 37.2 Å². The Labute approximate surface area is 155 Å². The summed E-state index contributed by atoms with van der Waals surface area (Å²) in [4.78, 5) is 14.5. The van der Waals surface area contributed by atoms with E-state index >= 15 is 0 Å². The molecule has 0 aliphatic heterocycles. The minimum absolute atomic E-state index is 0.0542. The third-order valence-electron chi connectivity index (χ3n) is 4.40. The molecule has 1 aromatic carbocycles. The molecule has 0 radical (unpaired) electrons. The zero-order valence-corrected chi connectivity index (χ0v) is 16.3. The van der Waals surface area contributed by atoms with E-state index in [1.54, 1.807) is 11.9 Å². The van der Waals surface area contributed by atoms with Crippen LogP contribution in [0.25, 0.3) is 11.3 Å². The number of aryl methyl sites for hydroxylation is 1. The molecular weight excluding hydrogens is 382 g/mol. The van der Waals surface area contributed by atoms with Gasteiger partial charge in [-0.2, -0.15) is 0 Å². The number of hydrogen-bond donors (Lipinski definition) is 0. The molecule has 3 rings (SSSR count). The van der Waals surface area contributed by atoms with Crippen molar-refractivity contribution in [2.24, 2.45) is 14.1 Å². The number of carbonyl (C=O) groups is 1. The maximum Gasteiger partial charge on any atom is 0.270 e. The Balaban J connectivity index is 1.86. The van der Waals surface area contributed by atoms with Crippen LogP contribution in [0.5, 0.6) is 0 Å². The van der Waals surface area contributed by atoms with E-state index in [0.717, 1.165) is 27.4 Å². The van der Waals surface area contributed by atoms with Crippen LogP contribution >= 0.6 is 15.9 Å². The van der Waals surface area contributed by atoms with Gasteiger partial charge < -0.3 is 14.0 Å². The van der Waals surface area contributed by atoms with Gasteiger partial charge in [-0.25, -0.2) is 0 Å². The highest BCUT2D eigenvalue weighted by Gasteiger charge is 2.20. The molecule has 25 heavy (non-hydrogen) atoms. The third kappa shape index (κ3) is 3.24. The largest absolute Gasteiger partial charge is 0.340 e. The van der Waals surface area contributed by atoms with Crippen LogP contribution in [0, 0.1) is 6.92 Å². The summed E-state index contributed by atoms with van der Waals surface area (Å²) in [5.41, 5.74) is 2.67. The van der Waals surface area contributed by atoms with Gasteiger partial charge in [-0.1, -0.05) is 34.1 Å². The number of aromatic nitrogens is 4. The zero-order valence-electron chi connectivity index (χ0n) is 14.7. The lowest BCUT2D eigenvalue weighted by molar-refractivity contribution is 0.0771. The first kappa shape index (κ1) is 17.4. The van der Waals surface area contributed by atoms with Crippen molar-refractivity contribution in [3.63, 3.8) is 0 Å². The summed E-state index contributed by atoms with van der Waals surface area (Å²) in [5.74, 6) is 1.53. The van der Waals surface area contributed by atoms with Crippen molar-refractivity contribution in [3.8, 4) is 11.3 Å². The molecule has 130 valence electrons. The first-order valence-corrected chi connectivity index (χ1v) is 8.70. The van der Waals surface area contributed by atoms with Gasteiger partial charge >= 0.3 is 0 Å².